The highest BCUT2D eigenvalue weighted by molar-refractivity contribution is 6.73. The van der Waals surface area contributed by atoms with Crippen LogP contribution in [0.4, 0.5) is 5.69 Å². The van der Waals surface area contributed by atoms with Crippen molar-refractivity contribution in [3.8, 4) is 0 Å². The molecule has 1 aromatic rings. The molecule has 0 aliphatic rings. The molecule has 0 atom stereocenters. The fourth-order valence-corrected chi connectivity index (χ4v) is 3.62. The molecule has 0 aliphatic carbocycles. The van der Waals surface area contributed by atoms with Crippen molar-refractivity contribution in [1.82, 2.24) is 0 Å². The summed E-state index contributed by atoms with van der Waals surface area (Å²) in [5, 5.41) is 4.83. The van der Waals surface area contributed by atoms with Crippen LogP contribution in [0.2, 0.25) is 18.1 Å². The first kappa shape index (κ1) is 14.2. The number of hydrogen-bond acceptors (Lipinski definition) is 4. The van der Waals surface area contributed by atoms with E-state index in [1.807, 2.05) is 30.3 Å². The van der Waals surface area contributed by atoms with E-state index in [2.05, 4.69) is 26.3 Å². The van der Waals surface area contributed by atoms with Gasteiger partial charge >= 0.3 is 0 Å². The van der Waals surface area contributed by atoms with Crippen molar-refractivity contribution in [1.29, 1.82) is 0 Å². The zero-order valence-corrected chi connectivity index (χ0v) is 11.7. The summed E-state index contributed by atoms with van der Waals surface area (Å²) in [5.41, 5.74) is 3.49. The minimum atomic E-state index is -1.74. The normalized spacial score (nSPS) is 11.5. The highest BCUT2D eigenvalue weighted by atomic mass is 28.4. The lowest BCUT2D eigenvalue weighted by molar-refractivity contribution is -0.462. The summed E-state index contributed by atoms with van der Waals surface area (Å²) in [4.78, 5) is 4.84. The van der Waals surface area contributed by atoms with Gasteiger partial charge in [-0.15, -0.1) is 0 Å². The molecular formula is C12H21NO3Si. The Hall–Kier alpha value is -0.883. The quantitative estimate of drug-likeness (QED) is 0.331. The maximum absolute atomic E-state index is 5.45. The fraction of sp³-hybridized carbons (Fsp3) is 0.500. The van der Waals surface area contributed by atoms with Gasteiger partial charge in [-0.2, -0.15) is 0 Å². The average molecular weight is 255 g/mol. The number of anilines is 1. The number of rotatable bonds is 8. The van der Waals surface area contributed by atoms with Crippen LogP contribution < -0.4 is 5.48 Å². The van der Waals surface area contributed by atoms with E-state index in [-0.39, 0.29) is 0 Å². The molecule has 0 aromatic heterocycles. The Morgan fingerprint density at radius 2 is 1.59 bits per heavy atom. The Balaban J connectivity index is 2.28. The van der Waals surface area contributed by atoms with Crippen LogP contribution in [-0.4, -0.2) is 8.32 Å². The van der Waals surface area contributed by atoms with Gasteiger partial charge in [-0.05, 0) is 30.3 Å². The molecule has 1 rings (SSSR count). The van der Waals surface area contributed by atoms with Crippen molar-refractivity contribution in [3.05, 3.63) is 30.3 Å². The van der Waals surface area contributed by atoms with Crippen molar-refractivity contribution < 1.29 is 14.6 Å². The Morgan fingerprint density at radius 3 is 2.12 bits per heavy atom. The number of para-hydroxylation sites is 1. The van der Waals surface area contributed by atoms with E-state index in [0.29, 0.717) is 0 Å². The second-order valence-corrected chi connectivity index (χ2v) is 8.60. The first-order valence-electron chi connectivity index (χ1n) is 6.08. The Bertz CT molecular complexity index is 296. The summed E-state index contributed by atoms with van der Waals surface area (Å²) >= 11 is 0. The summed E-state index contributed by atoms with van der Waals surface area (Å²) in [6.07, 6.45) is 0. The molecule has 1 N–H and O–H groups in total. The van der Waals surface area contributed by atoms with Crippen LogP contribution in [0.25, 0.3) is 0 Å². The molecule has 5 heteroatoms. The molecule has 0 amide bonds. The smallest absolute Gasteiger partial charge is 0.242 e. The summed E-state index contributed by atoms with van der Waals surface area (Å²) in [6, 6.07) is 12.6. The van der Waals surface area contributed by atoms with Gasteiger partial charge < -0.3 is 0 Å². The summed E-state index contributed by atoms with van der Waals surface area (Å²) in [6.45, 7) is 6.40. The molecule has 0 radical (unpaired) electrons. The van der Waals surface area contributed by atoms with Gasteiger partial charge in [0.1, 0.15) is 0 Å². The van der Waals surface area contributed by atoms with Crippen LogP contribution >= 0.6 is 0 Å². The van der Waals surface area contributed by atoms with Gasteiger partial charge in [0.2, 0.25) is 8.32 Å². The second-order valence-electron chi connectivity index (χ2n) is 3.95. The summed E-state index contributed by atoms with van der Waals surface area (Å²) in [7, 11) is -1.74. The Morgan fingerprint density at radius 1 is 1.00 bits per heavy atom. The molecule has 96 valence electrons. The Labute approximate surface area is 104 Å². The lowest BCUT2D eigenvalue weighted by Gasteiger charge is -2.24. The zero-order chi connectivity index (χ0) is 12.6. The van der Waals surface area contributed by atoms with E-state index in [9.17, 15) is 0 Å². The van der Waals surface area contributed by atoms with Crippen LogP contribution in [0.1, 0.15) is 20.8 Å². The lowest BCUT2D eigenvalue weighted by Crippen LogP contribution is -2.36. The fourth-order valence-electron chi connectivity index (χ4n) is 1.59. The van der Waals surface area contributed by atoms with Crippen LogP contribution in [-0.2, 0) is 14.6 Å². The average Bonchev–Trinajstić information content (AvgIpc) is 2.41. The SMILES string of the molecule is CC[Si](CC)(CC)OOONc1ccccc1. The van der Waals surface area contributed by atoms with Crippen molar-refractivity contribution in [2.45, 2.75) is 38.9 Å². The molecule has 0 bridgehead atoms. The molecule has 17 heavy (non-hydrogen) atoms. The third-order valence-electron chi connectivity index (χ3n) is 3.11. The number of benzene rings is 1. The molecule has 0 unspecified atom stereocenters. The maximum Gasteiger partial charge on any atom is 0.242 e. The minimum absolute atomic E-state index is 0.827. The van der Waals surface area contributed by atoms with Gasteiger partial charge in [0.05, 0.1) is 5.69 Å². The molecule has 0 aliphatic heterocycles. The molecule has 0 spiro atoms. The maximum atomic E-state index is 5.45. The molecule has 0 heterocycles. The first-order chi connectivity index (χ1) is 8.26. The third kappa shape index (κ3) is 4.47. The van der Waals surface area contributed by atoms with Gasteiger partial charge in [-0.3, -0.25) is 4.58 Å². The summed E-state index contributed by atoms with van der Waals surface area (Å²) < 4.78 is 5.45. The van der Waals surface area contributed by atoms with E-state index < -0.39 is 8.32 Å². The van der Waals surface area contributed by atoms with Gasteiger partial charge in [-0.1, -0.05) is 49.0 Å². The topological polar surface area (TPSA) is 39.7 Å². The highest BCUT2D eigenvalue weighted by Gasteiger charge is 2.31. The van der Waals surface area contributed by atoms with Crippen LogP contribution in [0.3, 0.4) is 0 Å². The van der Waals surface area contributed by atoms with E-state index in [1.165, 1.54) is 0 Å². The van der Waals surface area contributed by atoms with Crippen molar-refractivity contribution in [2.75, 3.05) is 5.48 Å². The molecule has 0 fully saturated rings. The molecule has 4 nitrogen and oxygen atoms in total. The van der Waals surface area contributed by atoms with Crippen molar-refractivity contribution in [2.24, 2.45) is 0 Å². The second kappa shape index (κ2) is 7.44. The van der Waals surface area contributed by atoms with Crippen LogP contribution in [0.5, 0.6) is 0 Å². The largest absolute Gasteiger partial charge is 0.255 e. The van der Waals surface area contributed by atoms with E-state index in [1.54, 1.807) is 0 Å². The standard InChI is InChI=1S/C12H21NO3Si/c1-4-17(5-2,6-3)16-15-14-13-12-10-8-7-9-11-12/h7-11,13H,4-6H2,1-3H3. The molecule has 1 aromatic carbocycles. The lowest BCUT2D eigenvalue weighted by atomic mass is 10.3. The van der Waals surface area contributed by atoms with Crippen molar-refractivity contribution in [3.63, 3.8) is 0 Å². The zero-order valence-electron chi connectivity index (χ0n) is 10.7. The van der Waals surface area contributed by atoms with Crippen LogP contribution in [0, 0.1) is 0 Å². The van der Waals surface area contributed by atoms with E-state index >= 15 is 0 Å². The van der Waals surface area contributed by atoms with Crippen molar-refractivity contribution >= 4 is 14.0 Å². The highest BCUT2D eigenvalue weighted by Crippen LogP contribution is 2.21. The molecule has 0 saturated carbocycles. The van der Waals surface area contributed by atoms with Gasteiger partial charge in [0, 0.05) is 0 Å². The van der Waals surface area contributed by atoms with E-state index in [4.69, 9.17) is 14.6 Å². The number of nitrogens with one attached hydrogen (secondary N) is 1. The van der Waals surface area contributed by atoms with E-state index in [0.717, 1.165) is 23.8 Å². The Kier molecular flexibility index (Phi) is 6.21. The molecular weight excluding hydrogens is 234 g/mol. The number of hydrogen-bond donors (Lipinski definition) is 1. The molecule has 0 saturated heterocycles. The predicted molar refractivity (Wildman–Crippen MR) is 70.5 cm³/mol. The third-order valence-corrected chi connectivity index (χ3v) is 7.40. The summed E-state index contributed by atoms with van der Waals surface area (Å²) in [5.74, 6) is 0. The van der Waals surface area contributed by atoms with Gasteiger partial charge in [0.15, 0.2) is 0 Å². The van der Waals surface area contributed by atoms with Gasteiger partial charge in [0.25, 0.3) is 0 Å². The minimum Gasteiger partial charge on any atom is -0.255 e. The predicted octanol–water partition coefficient (Wildman–Crippen LogP) is 3.90. The van der Waals surface area contributed by atoms with Crippen LogP contribution in [0.15, 0.2) is 30.3 Å². The monoisotopic (exact) mass is 255 g/mol. The van der Waals surface area contributed by atoms with Gasteiger partial charge in [-0.25, -0.2) is 5.48 Å². The first-order valence-corrected chi connectivity index (χ1v) is 8.61.